The summed E-state index contributed by atoms with van der Waals surface area (Å²) in [7, 11) is -0.625. The number of rotatable bonds is 5. The van der Waals surface area contributed by atoms with E-state index in [0.717, 1.165) is 4.31 Å². The standard InChI is InChI=1S/C16H16N6O3S/c1-21(2)26(24,25)15-8-6-12(7-9-15)16(23)18-13-4-3-5-14(10-13)22-11-17-19-20-22/h3-11H,1-2H3,(H,18,23). The predicted octanol–water partition coefficient (Wildman–Crippen LogP) is 1.16. The van der Waals surface area contributed by atoms with E-state index in [0.29, 0.717) is 16.9 Å². The molecule has 0 fully saturated rings. The molecule has 1 amide bonds. The van der Waals surface area contributed by atoms with Crippen LogP contribution in [0.15, 0.2) is 59.8 Å². The summed E-state index contributed by atoms with van der Waals surface area (Å²) in [5, 5.41) is 13.7. The van der Waals surface area contributed by atoms with Gasteiger partial charge in [-0.05, 0) is 52.9 Å². The van der Waals surface area contributed by atoms with Gasteiger partial charge < -0.3 is 5.32 Å². The van der Waals surface area contributed by atoms with E-state index in [4.69, 9.17) is 0 Å². The first-order valence-corrected chi connectivity index (χ1v) is 8.99. The molecule has 0 aliphatic rings. The quantitative estimate of drug-likeness (QED) is 0.720. The first-order valence-electron chi connectivity index (χ1n) is 7.55. The lowest BCUT2D eigenvalue weighted by molar-refractivity contribution is 0.102. The van der Waals surface area contributed by atoms with Crippen LogP contribution in [-0.2, 0) is 10.0 Å². The molecular weight excluding hydrogens is 356 g/mol. The summed E-state index contributed by atoms with van der Waals surface area (Å²) in [5.74, 6) is -0.354. The van der Waals surface area contributed by atoms with Crippen LogP contribution in [0.4, 0.5) is 5.69 Å². The average molecular weight is 372 g/mol. The van der Waals surface area contributed by atoms with Crippen molar-refractivity contribution in [2.24, 2.45) is 0 Å². The molecule has 1 N–H and O–H groups in total. The monoisotopic (exact) mass is 372 g/mol. The maximum atomic E-state index is 12.4. The molecule has 26 heavy (non-hydrogen) atoms. The molecule has 0 atom stereocenters. The molecule has 0 aliphatic heterocycles. The molecule has 0 bridgehead atoms. The van der Waals surface area contributed by atoms with Crippen LogP contribution in [0.25, 0.3) is 5.69 Å². The van der Waals surface area contributed by atoms with Gasteiger partial charge in [-0.25, -0.2) is 17.4 Å². The number of carbonyl (C=O) groups is 1. The van der Waals surface area contributed by atoms with Gasteiger partial charge in [-0.1, -0.05) is 6.07 Å². The van der Waals surface area contributed by atoms with Gasteiger partial charge in [0.15, 0.2) is 0 Å². The zero-order valence-corrected chi connectivity index (χ0v) is 14.9. The van der Waals surface area contributed by atoms with Crippen molar-refractivity contribution in [2.75, 3.05) is 19.4 Å². The molecule has 0 spiro atoms. The SMILES string of the molecule is CN(C)S(=O)(=O)c1ccc(C(=O)Nc2cccc(-n3cnnn3)c2)cc1. The van der Waals surface area contributed by atoms with Gasteiger partial charge >= 0.3 is 0 Å². The van der Waals surface area contributed by atoms with Crippen LogP contribution < -0.4 is 5.32 Å². The second-order valence-corrected chi connectivity index (χ2v) is 7.72. The van der Waals surface area contributed by atoms with Crippen LogP contribution in [0.5, 0.6) is 0 Å². The summed E-state index contributed by atoms with van der Waals surface area (Å²) in [6.45, 7) is 0. The van der Waals surface area contributed by atoms with E-state index in [1.807, 2.05) is 0 Å². The van der Waals surface area contributed by atoms with Gasteiger partial charge in [0.2, 0.25) is 10.0 Å². The van der Waals surface area contributed by atoms with Crippen molar-refractivity contribution < 1.29 is 13.2 Å². The number of aromatic nitrogens is 4. The minimum Gasteiger partial charge on any atom is -0.322 e. The van der Waals surface area contributed by atoms with Gasteiger partial charge in [0, 0.05) is 25.3 Å². The molecule has 134 valence electrons. The number of amides is 1. The molecule has 0 unspecified atom stereocenters. The molecule has 3 rings (SSSR count). The van der Waals surface area contributed by atoms with Gasteiger partial charge in [-0.2, -0.15) is 0 Å². The highest BCUT2D eigenvalue weighted by Crippen LogP contribution is 2.17. The van der Waals surface area contributed by atoms with Gasteiger partial charge in [-0.3, -0.25) is 4.79 Å². The Hall–Kier alpha value is -3.11. The highest BCUT2D eigenvalue weighted by molar-refractivity contribution is 7.89. The minimum absolute atomic E-state index is 0.125. The summed E-state index contributed by atoms with van der Waals surface area (Å²) < 4.78 is 26.7. The van der Waals surface area contributed by atoms with Crippen molar-refractivity contribution in [2.45, 2.75) is 4.90 Å². The molecule has 0 radical (unpaired) electrons. The Morgan fingerprint density at radius 3 is 2.46 bits per heavy atom. The lowest BCUT2D eigenvalue weighted by atomic mass is 10.2. The number of benzene rings is 2. The molecule has 0 saturated heterocycles. The van der Waals surface area contributed by atoms with E-state index in [9.17, 15) is 13.2 Å². The number of hydrogen-bond donors (Lipinski definition) is 1. The van der Waals surface area contributed by atoms with Crippen molar-refractivity contribution in [1.82, 2.24) is 24.5 Å². The summed E-state index contributed by atoms with van der Waals surface area (Å²) in [6.07, 6.45) is 1.45. The number of carbonyl (C=O) groups excluding carboxylic acids is 1. The third kappa shape index (κ3) is 3.60. The Balaban J connectivity index is 1.78. The lowest BCUT2D eigenvalue weighted by Gasteiger charge is -2.12. The Labute approximate surface area is 150 Å². The Kier molecular flexibility index (Phi) is 4.78. The zero-order chi connectivity index (χ0) is 18.7. The van der Waals surface area contributed by atoms with Gasteiger partial charge in [0.05, 0.1) is 10.6 Å². The molecular formula is C16H16N6O3S. The normalized spacial score (nSPS) is 11.5. The van der Waals surface area contributed by atoms with Gasteiger partial charge in [0.25, 0.3) is 5.91 Å². The van der Waals surface area contributed by atoms with Crippen LogP contribution in [-0.4, -0.2) is 52.9 Å². The maximum Gasteiger partial charge on any atom is 0.255 e. The Morgan fingerprint density at radius 1 is 1.12 bits per heavy atom. The van der Waals surface area contributed by atoms with Crippen LogP contribution >= 0.6 is 0 Å². The second kappa shape index (κ2) is 7.02. The number of sulfonamides is 1. The van der Waals surface area contributed by atoms with E-state index in [1.165, 1.54) is 49.4 Å². The molecule has 10 heteroatoms. The van der Waals surface area contributed by atoms with Crippen LogP contribution in [0, 0.1) is 0 Å². The summed E-state index contributed by atoms with van der Waals surface area (Å²) >= 11 is 0. The van der Waals surface area contributed by atoms with Crippen molar-refractivity contribution in [3.05, 3.63) is 60.4 Å². The zero-order valence-electron chi connectivity index (χ0n) is 14.1. The third-order valence-electron chi connectivity index (χ3n) is 3.61. The fraction of sp³-hybridized carbons (Fsp3) is 0.125. The summed E-state index contributed by atoms with van der Waals surface area (Å²) in [4.78, 5) is 12.5. The molecule has 0 saturated carbocycles. The first-order chi connectivity index (χ1) is 12.4. The fourth-order valence-electron chi connectivity index (χ4n) is 2.20. The Morgan fingerprint density at radius 2 is 1.85 bits per heavy atom. The summed E-state index contributed by atoms with van der Waals surface area (Å²) in [5.41, 5.74) is 1.60. The van der Waals surface area contributed by atoms with E-state index in [1.54, 1.807) is 24.3 Å². The number of hydrogen-bond acceptors (Lipinski definition) is 6. The van der Waals surface area contributed by atoms with Crippen molar-refractivity contribution in [3.63, 3.8) is 0 Å². The Bertz CT molecular complexity index is 1010. The van der Waals surface area contributed by atoms with Crippen LogP contribution in [0.3, 0.4) is 0 Å². The molecule has 3 aromatic rings. The van der Waals surface area contributed by atoms with Crippen molar-refractivity contribution in [3.8, 4) is 5.69 Å². The number of tetrazole rings is 1. The molecule has 1 aromatic heterocycles. The number of nitrogens with one attached hydrogen (secondary N) is 1. The van der Waals surface area contributed by atoms with E-state index in [-0.39, 0.29) is 10.8 Å². The molecule has 2 aromatic carbocycles. The van der Waals surface area contributed by atoms with Gasteiger partial charge in [0.1, 0.15) is 6.33 Å². The fourth-order valence-corrected chi connectivity index (χ4v) is 3.10. The number of anilines is 1. The predicted molar refractivity (Wildman–Crippen MR) is 94.4 cm³/mol. The number of nitrogens with zero attached hydrogens (tertiary/aromatic N) is 5. The van der Waals surface area contributed by atoms with E-state index >= 15 is 0 Å². The van der Waals surface area contributed by atoms with Crippen LogP contribution in [0.1, 0.15) is 10.4 Å². The topological polar surface area (TPSA) is 110 Å². The first kappa shape index (κ1) is 17.7. The third-order valence-corrected chi connectivity index (χ3v) is 5.44. The smallest absolute Gasteiger partial charge is 0.255 e. The van der Waals surface area contributed by atoms with Crippen molar-refractivity contribution in [1.29, 1.82) is 0 Å². The van der Waals surface area contributed by atoms with E-state index in [2.05, 4.69) is 20.8 Å². The highest BCUT2D eigenvalue weighted by atomic mass is 32.2. The molecule has 9 nitrogen and oxygen atoms in total. The maximum absolute atomic E-state index is 12.4. The second-order valence-electron chi connectivity index (χ2n) is 5.57. The van der Waals surface area contributed by atoms with Crippen molar-refractivity contribution >= 4 is 21.6 Å². The van der Waals surface area contributed by atoms with E-state index < -0.39 is 10.0 Å². The minimum atomic E-state index is -3.53. The molecule has 0 aliphatic carbocycles. The largest absolute Gasteiger partial charge is 0.322 e. The lowest BCUT2D eigenvalue weighted by Crippen LogP contribution is -2.22. The summed E-state index contributed by atoms with van der Waals surface area (Å²) in [6, 6.07) is 12.8. The van der Waals surface area contributed by atoms with Crippen LogP contribution in [0.2, 0.25) is 0 Å². The average Bonchev–Trinajstić information content (AvgIpc) is 3.16. The van der Waals surface area contributed by atoms with Gasteiger partial charge in [-0.15, -0.1) is 5.10 Å². The molecule has 1 heterocycles. The highest BCUT2D eigenvalue weighted by Gasteiger charge is 2.17.